The maximum Gasteiger partial charge on any atom is 0.177 e. The second-order valence-electron chi connectivity index (χ2n) is 4.18. The first-order valence-corrected chi connectivity index (χ1v) is 7.64. The fourth-order valence-electron chi connectivity index (χ4n) is 1.71. The van der Waals surface area contributed by atoms with E-state index >= 15 is 0 Å². The summed E-state index contributed by atoms with van der Waals surface area (Å²) in [6.45, 7) is 0.312. The summed E-state index contributed by atoms with van der Waals surface area (Å²) in [7, 11) is 1.52. The van der Waals surface area contributed by atoms with Gasteiger partial charge in [0.2, 0.25) is 0 Å². The molecule has 0 atom stereocenters. The van der Waals surface area contributed by atoms with Crippen molar-refractivity contribution >= 4 is 33.3 Å². The Balaban J connectivity index is 2.10. The highest BCUT2D eigenvalue weighted by molar-refractivity contribution is 9.09. The van der Waals surface area contributed by atoms with Gasteiger partial charge in [-0.1, -0.05) is 27.5 Å². The number of alkyl halides is 1. The van der Waals surface area contributed by atoms with Crippen LogP contribution in [0.1, 0.15) is 16.1 Å². The molecule has 0 fully saturated rings. The Kier molecular flexibility index (Phi) is 5.59. The average Bonchev–Trinajstić information content (AvgIpc) is 2.53. The van der Waals surface area contributed by atoms with E-state index in [9.17, 15) is 4.79 Å². The number of carbonyl (C=O) groups is 1. The minimum atomic E-state index is -0.0437. The predicted octanol–water partition coefficient (Wildman–Crippen LogP) is 3.90. The normalized spacial score (nSPS) is 10.2. The van der Waals surface area contributed by atoms with Crippen LogP contribution in [0.3, 0.4) is 0 Å². The lowest BCUT2D eigenvalue weighted by Gasteiger charge is -2.10. The first-order chi connectivity index (χ1) is 10.1. The molecular formula is C15H13BrClNO3. The number of nitrogens with zero attached hydrogens (tertiary/aromatic N) is 1. The molecular weight excluding hydrogens is 358 g/mol. The summed E-state index contributed by atoms with van der Waals surface area (Å²) >= 11 is 8.92. The van der Waals surface area contributed by atoms with Crippen molar-refractivity contribution in [2.45, 2.75) is 6.61 Å². The molecule has 2 rings (SSSR count). The average molecular weight is 371 g/mol. The van der Waals surface area contributed by atoms with Crippen LogP contribution < -0.4 is 9.47 Å². The van der Waals surface area contributed by atoms with E-state index in [2.05, 4.69) is 20.9 Å². The molecule has 21 heavy (non-hydrogen) atoms. The van der Waals surface area contributed by atoms with Crippen LogP contribution in [-0.4, -0.2) is 23.2 Å². The summed E-state index contributed by atoms with van der Waals surface area (Å²) in [6.07, 6.45) is 1.57. The predicted molar refractivity (Wildman–Crippen MR) is 84.7 cm³/mol. The molecule has 0 bridgehead atoms. The second kappa shape index (κ2) is 7.43. The number of ether oxygens (including phenoxy) is 2. The minimum Gasteiger partial charge on any atom is -0.496 e. The zero-order valence-corrected chi connectivity index (χ0v) is 13.6. The van der Waals surface area contributed by atoms with Crippen molar-refractivity contribution < 1.29 is 14.3 Å². The quantitative estimate of drug-likeness (QED) is 0.571. The SMILES string of the molecule is COc1cc(OCc2ccc(Cl)cn2)ccc1C(=O)CBr. The third-order valence-corrected chi connectivity index (χ3v) is 3.50. The van der Waals surface area contributed by atoms with Gasteiger partial charge >= 0.3 is 0 Å². The Morgan fingerprint density at radius 2 is 2.14 bits per heavy atom. The summed E-state index contributed by atoms with van der Waals surface area (Å²) < 4.78 is 10.9. The summed E-state index contributed by atoms with van der Waals surface area (Å²) in [5.74, 6) is 1.05. The summed E-state index contributed by atoms with van der Waals surface area (Å²) in [6, 6.07) is 8.65. The molecule has 1 heterocycles. The third-order valence-electron chi connectivity index (χ3n) is 2.77. The minimum absolute atomic E-state index is 0.0437. The fourth-order valence-corrected chi connectivity index (χ4v) is 2.13. The van der Waals surface area contributed by atoms with Crippen LogP contribution in [0, 0.1) is 0 Å². The van der Waals surface area contributed by atoms with Crippen molar-refractivity contribution in [3.05, 3.63) is 52.8 Å². The zero-order valence-electron chi connectivity index (χ0n) is 11.3. The van der Waals surface area contributed by atoms with E-state index < -0.39 is 0 Å². The van der Waals surface area contributed by atoms with Crippen LogP contribution in [0.15, 0.2) is 36.5 Å². The Labute approximate surface area is 136 Å². The lowest BCUT2D eigenvalue weighted by atomic mass is 10.1. The van der Waals surface area contributed by atoms with Gasteiger partial charge in [0.1, 0.15) is 18.1 Å². The van der Waals surface area contributed by atoms with Crippen LogP contribution >= 0.6 is 27.5 Å². The van der Waals surface area contributed by atoms with E-state index in [0.29, 0.717) is 28.7 Å². The van der Waals surface area contributed by atoms with E-state index in [1.807, 2.05) is 0 Å². The second-order valence-corrected chi connectivity index (χ2v) is 5.17. The van der Waals surface area contributed by atoms with Gasteiger partial charge in [-0.15, -0.1) is 0 Å². The number of rotatable bonds is 6. The molecule has 1 aromatic heterocycles. The van der Waals surface area contributed by atoms with Gasteiger partial charge in [-0.3, -0.25) is 9.78 Å². The van der Waals surface area contributed by atoms with Crippen molar-refractivity contribution in [2.24, 2.45) is 0 Å². The van der Waals surface area contributed by atoms with Crippen LogP contribution in [0.25, 0.3) is 0 Å². The zero-order chi connectivity index (χ0) is 15.2. The van der Waals surface area contributed by atoms with Crippen molar-refractivity contribution in [2.75, 3.05) is 12.4 Å². The number of pyridine rings is 1. The van der Waals surface area contributed by atoms with Gasteiger partial charge in [-0.2, -0.15) is 0 Å². The van der Waals surface area contributed by atoms with Gasteiger partial charge in [-0.05, 0) is 24.3 Å². The maximum absolute atomic E-state index is 11.7. The smallest absolute Gasteiger partial charge is 0.177 e. The topological polar surface area (TPSA) is 48.4 Å². The molecule has 2 aromatic rings. The molecule has 0 aliphatic carbocycles. The molecule has 0 saturated heterocycles. The summed E-state index contributed by atoms with van der Waals surface area (Å²) in [5, 5.41) is 0.830. The number of benzene rings is 1. The Bertz CT molecular complexity index is 631. The first-order valence-electron chi connectivity index (χ1n) is 6.14. The molecule has 0 amide bonds. The number of Topliss-reactive ketones (excluding diaryl/α,β-unsaturated/α-hetero) is 1. The summed E-state index contributed by atoms with van der Waals surface area (Å²) in [4.78, 5) is 15.9. The van der Waals surface area contributed by atoms with Crippen LogP contribution in [-0.2, 0) is 6.61 Å². The Morgan fingerprint density at radius 3 is 2.76 bits per heavy atom. The highest BCUT2D eigenvalue weighted by atomic mass is 79.9. The van der Waals surface area contributed by atoms with Crippen molar-refractivity contribution in [1.82, 2.24) is 4.98 Å². The number of hydrogen-bond acceptors (Lipinski definition) is 4. The van der Waals surface area contributed by atoms with Gasteiger partial charge in [0, 0.05) is 12.3 Å². The Hall–Kier alpha value is -1.59. The first kappa shape index (κ1) is 15.8. The lowest BCUT2D eigenvalue weighted by molar-refractivity contribution is 0.102. The number of aromatic nitrogens is 1. The maximum atomic E-state index is 11.7. The van der Waals surface area contributed by atoms with Gasteiger partial charge in [0.15, 0.2) is 5.78 Å². The lowest BCUT2D eigenvalue weighted by Crippen LogP contribution is -2.04. The van der Waals surface area contributed by atoms with E-state index in [1.165, 1.54) is 7.11 Å². The standard InChI is InChI=1S/C15H13BrClNO3/c1-20-15-6-12(4-5-13(15)14(19)7-16)21-9-11-3-2-10(17)8-18-11/h2-6,8H,7,9H2,1H3. The van der Waals surface area contributed by atoms with E-state index in [1.54, 1.807) is 36.5 Å². The molecule has 0 saturated carbocycles. The molecule has 4 nitrogen and oxygen atoms in total. The third kappa shape index (κ3) is 4.19. The molecule has 0 aliphatic rings. The molecule has 0 aliphatic heterocycles. The van der Waals surface area contributed by atoms with Crippen LogP contribution in [0.5, 0.6) is 11.5 Å². The van der Waals surface area contributed by atoms with E-state index in [-0.39, 0.29) is 11.1 Å². The van der Waals surface area contributed by atoms with Crippen LogP contribution in [0.2, 0.25) is 5.02 Å². The number of halogens is 2. The van der Waals surface area contributed by atoms with Crippen molar-refractivity contribution in [1.29, 1.82) is 0 Å². The van der Waals surface area contributed by atoms with Gasteiger partial charge in [0.05, 0.1) is 28.7 Å². The largest absolute Gasteiger partial charge is 0.496 e. The highest BCUT2D eigenvalue weighted by Crippen LogP contribution is 2.26. The van der Waals surface area contributed by atoms with Crippen molar-refractivity contribution in [3.63, 3.8) is 0 Å². The molecule has 0 N–H and O–H groups in total. The van der Waals surface area contributed by atoms with Crippen molar-refractivity contribution in [3.8, 4) is 11.5 Å². The van der Waals surface area contributed by atoms with E-state index in [0.717, 1.165) is 5.69 Å². The number of methoxy groups -OCH3 is 1. The molecule has 0 unspecified atom stereocenters. The summed E-state index contributed by atoms with van der Waals surface area (Å²) in [5.41, 5.74) is 1.28. The van der Waals surface area contributed by atoms with E-state index in [4.69, 9.17) is 21.1 Å². The molecule has 0 spiro atoms. The molecule has 1 aromatic carbocycles. The Morgan fingerprint density at radius 1 is 1.33 bits per heavy atom. The van der Waals surface area contributed by atoms with Gasteiger partial charge < -0.3 is 9.47 Å². The highest BCUT2D eigenvalue weighted by Gasteiger charge is 2.12. The monoisotopic (exact) mass is 369 g/mol. The van der Waals surface area contributed by atoms with Crippen LogP contribution in [0.4, 0.5) is 0 Å². The molecule has 110 valence electrons. The molecule has 6 heteroatoms. The number of hydrogen-bond donors (Lipinski definition) is 0. The number of ketones is 1. The fraction of sp³-hybridized carbons (Fsp3) is 0.200. The number of carbonyl (C=O) groups excluding carboxylic acids is 1. The van der Waals surface area contributed by atoms with Gasteiger partial charge in [0.25, 0.3) is 0 Å². The van der Waals surface area contributed by atoms with Gasteiger partial charge in [-0.25, -0.2) is 0 Å². The molecule has 0 radical (unpaired) electrons.